The third-order valence-electron chi connectivity index (χ3n) is 3.36. The third kappa shape index (κ3) is 3.66. The van der Waals surface area contributed by atoms with Gasteiger partial charge in [-0.25, -0.2) is 0 Å². The highest BCUT2D eigenvalue weighted by Crippen LogP contribution is 2.25. The molecule has 0 fully saturated rings. The summed E-state index contributed by atoms with van der Waals surface area (Å²) in [5.41, 5.74) is 10.5. The normalized spacial score (nSPS) is 10.9. The standard InChI is InChI=1S/C17H21NO/c1-13-3-7-15(8-4-13)17(11-19-12-18)16-9-5-14(2)6-10-16/h3-10,17H,11-12,18H2,1-2H3. The van der Waals surface area contributed by atoms with E-state index in [0.717, 1.165) is 0 Å². The predicted octanol–water partition coefficient (Wildman–Crippen LogP) is 3.37. The number of ether oxygens (including phenoxy) is 1. The van der Waals surface area contributed by atoms with E-state index in [4.69, 9.17) is 10.5 Å². The lowest BCUT2D eigenvalue weighted by atomic mass is 9.91. The predicted molar refractivity (Wildman–Crippen MR) is 79.2 cm³/mol. The van der Waals surface area contributed by atoms with Gasteiger partial charge in [0.15, 0.2) is 0 Å². The number of benzene rings is 2. The van der Waals surface area contributed by atoms with Crippen molar-refractivity contribution in [1.82, 2.24) is 0 Å². The second-order valence-electron chi connectivity index (χ2n) is 4.91. The lowest BCUT2D eigenvalue weighted by Crippen LogP contribution is -2.14. The molecule has 0 saturated heterocycles. The Morgan fingerprint density at radius 3 is 1.63 bits per heavy atom. The van der Waals surface area contributed by atoms with Crippen molar-refractivity contribution in [3.8, 4) is 0 Å². The summed E-state index contributed by atoms with van der Waals surface area (Å²) < 4.78 is 5.44. The Bertz CT molecular complexity index is 456. The van der Waals surface area contributed by atoms with Crippen LogP contribution in [0.1, 0.15) is 28.2 Å². The fourth-order valence-electron chi connectivity index (χ4n) is 2.17. The molecule has 2 nitrogen and oxygen atoms in total. The molecule has 2 aromatic carbocycles. The average molecular weight is 255 g/mol. The Morgan fingerprint density at radius 2 is 1.26 bits per heavy atom. The molecular formula is C17H21NO. The van der Waals surface area contributed by atoms with Crippen LogP contribution in [0.3, 0.4) is 0 Å². The molecule has 0 saturated carbocycles. The van der Waals surface area contributed by atoms with E-state index >= 15 is 0 Å². The first kappa shape index (κ1) is 13.8. The molecule has 100 valence electrons. The van der Waals surface area contributed by atoms with E-state index in [1.165, 1.54) is 22.3 Å². The Morgan fingerprint density at radius 1 is 0.842 bits per heavy atom. The monoisotopic (exact) mass is 255 g/mol. The molecule has 0 aromatic heterocycles. The van der Waals surface area contributed by atoms with Crippen LogP contribution < -0.4 is 5.73 Å². The largest absolute Gasteiger partial charge is 0.366 e. The fraction of sp³-hybridized carbons (Fsp3) is 0.294. The maximum Gasteiger partial charge on any atom is 0.0940 e. The molecule has 0 amide bonds. The number of rotatable bonds is 5. The first-order valence-corrected chi connectivity index (χ1v) is 6.61. The molecule has 2 rings (SSSR count). The molecule has 0 heterocycles. The average Bonchev–Trinajstić information content (AvgIpc) is 2.43. The molecule has 2 N–H and O–H groups in total. The van der Waals surface area contributed by atoms with Crippen LogP contribution in [0.4, 0.5) is 0 Å². The van der Waals surface area contributed by atoms with Crippen molar-refractivity contribution in [3.63, 3.8) is 0 Å². The second-order valence-corrected chi connectivity index (χ2v) is 4.91. The summed E-state index contributed by atoms with van der Waals surface area (Å²) in [4.78, 5) is 0. The summed E-state index contributed by atoms with van der Waals surface area (Å²) in [6.45, 7) is 5.07. The Hall–Kier alpha value is -1.64. The minimum absolute atomic E-state index is 0.241. The van der Waals surface area contributed by atoms with E-state index in [0.29, 0.717) is 6.61 Å². The molecule has 0 aliphatic rings. The third-order valence-corrected chi connectivity index (χ3v) is 3.36. The quantitative estimate of drug-likeness (QED) is 0.831. The van der Waals surface area contributed by atoms with Gasteiger partial charge in [-0.05, 0) is 25.0 Å². The van der Waals surface area contributed by atoms with Crippen LogP contribution >= 0.6 is 0 Å². The number of hydrogen-bond acceptors (Lipinski definition) is 2. The molecule has 0 bridgehead atoms. The zero-order chi connectivity index (χ0) is 13.7. The highest BCUT2D eigenvalue weighted by atomic mass is 16.5. The summed E-state index contributed by atoms with van der Waals surface area (Å²) in [7, 11) is 0. The van der Waals surface area contributed by atoms with Crippen LogP contribution in [0, 0.1) is 13.8 Å². The van der Waals surface area contributed by atoms with Crippen LogP contribution in [-0.2, 0) is 4.74 Å². The van der Waals surface area contributed by atoms with Crippen molar-refractivity contribution in [2.24, 2.45) is 5.73 Å². The maximum atomic E-state index is 5.46. The van der Waals surface area contributed by atoms with Crippen LogP contribution in [-0.4, -0.2) is 13.3 Å². The molecule has 0 atom stereocenters. The number of nitrogens with two attached hydrogens (primary N) is 1. The van der Waals surface area contributed by atoms with Gasteiger partial charge in [0.2, 0.25) is 0 Å². The minimum Gasteiger partial charge on any atom is -0.366 e. The SMILES string of the molecule is Cc1ccc(C(COCN)c2ccc(C)cc2)cc1. The topological polar surface area (TPSA) is 35.2 Å². The molecule has 0 aliphatic heterocycles. The Labute approximate surface area is 115 Å². The van der Waals surface area contributed by atoms with Crippen molar-refractivity contribution in [3.05, 3.63) is 70.8 Å². The Kier molecular flexibility index (Phi) is 4.72. The van der Waals surface area contributed by atoms with Gasteiger partial charge < -0.3 is 10.5 Å². The molecule has 0 unspecified atom stereocenters. The van der Waals surface area contributed by atoms with Crippen molar-refractivity contribution in [2.75, 3.05) is 13.3 Å². The minimum atomic E-state index is 0.241. The van der Waals surface area contributed by atoms with E-state index in [9.17, 15) is 0 Å². The highest BCUT2D eigenvalue weighted by Gasteiger charge is 2.14. The number of aryl methyl sites for hydroxylation is 2. The summed E-state index contributed by atoms with van der Waals surface area (Å²) >= 11 is 0. The van der Waals surface area contributed by atoms with Gasteiger partial charge in [-0.2, -0.15) is 0 Å². The first-order chi connectivity index (χ1) is 9.20. The van der Waals surface area contributed by atoms with Gasteiger partial charge in [0.1, 0.15) is 0 Å². The van der Waals surface area contributed by atoms with E-state index in [-0.39, 0.29) is 12.6 Å². The van der Waals surface area contributed by atoms with Gasteiger partial charge in [0, 0.05) is 5.92 Å². The summed E-state index contributed by atoms with van der Waals surface area (Å²) in [6.07, 6.45) is 0. The van der Waals surface area contributed by atoms with Crippen molar-refractivity contribution in [2.45, 2.75) is 19.8 Å². The van der Waals surface area contributed by atoms with Crippen LogP contribution in [0.2, 0.25) is 0 Å². The van der Waals surface area contributed by atoms with Crippen LogP contribution in [0.15, 0.2) is 48.5 Å². The summed E-state index contributed by atoms with van der Waals surface area (Å²) in [5, 5.41) is 0. The zero-order valence-electron chi connectivity index (χ0n) is 11.6. The van der Waals surface area contributed by atoms with Gasteiger partial charge in [-0.15, -0.1) is 0 Å². The summed E-state index contributed by atoms with van der Waals surface area (Å²) in [5.74, 6) is 0.241. The van der Waals surface area contributed by atoms with Gasteiger partial charge in [0.05, 0.1) is 13.3 Å². The van der Waals surface area contributed by atoms with Gasteiger partial charge >= 0.3 is 0 Å². The smallest absolute Gasteiger partial charge is 0.0940 e. The van der Waals surface area contributed by atoms with Crippen LogP contribution in [0.25, 0.3) is 0 Å². The molecule has 0 spiro atoms. The zero-order valence-corrected chi connectivity index (χ0v) is 11.6. The van der Waals surface area contributed by atoms with Gasteiger partial charge in [0.25, 0.3) is 0 Å². The maximum absolute atomic E-state index is 5.46. The fourth-order valence-corrected chi connectivity index (χ4v) is 2.17. The lowest BCUT2D eigenvalue weighted by Gasteiger charge is -2.18. The van der Waals surface area contributed by atoms with E-state index in [1.54, 1.807) is 0 Å². The molecule has 2 aromatic rings. The van der Waals surface area contributed by atoms with Crippen LogP contribution in [0.5, 0.6) is 0 Å². The van der Waals surface area contributed by atoms with Crippen molar-refractivity contribution in [1.29, 1.82) is 0 Å². The van der Waals surface area contributed by atoms with Gasteiger partial charge in [-0.1, -0.05) is 59.7 Å². The first-order valence-electron chi connectivity index (χ1n) is 6.61. The Balaban J connectivity index is 2.29. The van der Waals surface area contributed by atoms with E-state index < -0.39 is 0 Å². The molecule has 0 radical (unpaired) electrons. The molecule has 0 aliphatic carbocycles. The van der Waals surface area contributed by atoms with Gasteiger partial charge in [-0.3, -0.25) is 0 Å². The van der Waals surface area contributed by atoms with E-state index in [2.05, 4.69) is 62.4 Å². The van der Waals surface area contributed by atoms with Crippen molar-refractivity contribution >= 4 is 0 Å². The molecular weight excluding hydrogens is 234 g/mol. The second kappa shape index (κ2) is 6.50. The number of hydrogen-bond donors (Lipinski definition) is 1. The lowest BCUT2D eigenvalue weighted by molar-refractivity contribution is 0.134. The summed E-state index contributed by atoms with van der Waals surface area (Å²) in [6, 6.07) is 17.2. The molecule has 2 heteroatoms. The molecule has 19 heavy (non-hydrogen) atoms. The van der Waals surface area contributed by atoms with E-state index in [1.807, 2.05) is 0 Å². The van der Waals surface area contributed by atoms with Crippen molar-refractivity contribution < 1.29 is 4.74 Å². The highest BCUT2D eigenvalue weighted by molar-refractivity contribution is 5.35.